The minimum Gasteiger partial charge on any atom is -0.456 e. The van der Waals surface area contributed by atoms with E-state index in [1.807, 2.05) is 66.7 Å². The maximum atomic E-state index is 8.95. The fraction of sp³-hybridized carbons (Fsp3) is 0. The van der Waals surface area contributed by atoms with E-state index >= 15 is 0 Å². The maximum absolute atomic E-state index is 8.95. The zero-order chi connectivity index (χ0) is 36.0. The van der Waals surface area contributed by atoms with Gasteiger partial charge in [-0.05, 0) is 80.1 Å². The number of fused-ring (bicyclic) bond motifs is 6. The lowest BCUT2D eigenvalue weighted by Crippen LogP contribution is -1.99. The zero-order valence-electron chi connectivity index (χ0n) is 30.6. The van der Waals surface area contributed by atoms with Crippen molar-refractivity contribution in [3.8, 4) is 39.3 Å². The molecule has 0 atom stereocenters. The van der Waals surface area contributed by atoms with Gasteiger partial charge in [0.1, 0.15) is 17.0 Å². The number of nitrogens with zero attached hydrogens (tertiary/aromatic N) is 2. The Hall–Kier alpha value is -6.45. The summed E-state index contributed by atoms with van der Waals surface area (Å²) in [5.41, 5.74) is 7.90. The van der Waals surface area contributed by atoms with Crippen molar-refractivity contribution in [1.82, 2.24) is 9.55 Å². The number of hydrogen-bond donors (Lipinski definition) is 0. The van der Waals surface area contributed by atoms with Gasteiger partial charge in [-0.3, -0.25) is 4.57 Å². The molecule has 0 N–H and O–H groups in total. The smallest absolute Gasteiger partial charge is 0.146 e. The lowest BCUT2D eigenvalue weighted by molar-refractivity contribution is 0.669. The molecule has 3 nitrogen and oxygen atoms in total. The van der Waals surface area contributed by atoms with Crippen LogP contribution in [0.15, 0.2) is 174 Å². The van der Waals surface area contributed by atoms with Gasteiger partial charge in [-0.2, -0.15) is 0 Å². The summed E-state index contributed by atoms with van der Waals surface area (Å²) in [5.74, 6) is 0.479. The van der Waals surface area contributed by atoms with Gasteiger partial charge >= 0.3 is 0 Å². The first-order valence-corrected chi connectivity index (χ1v) is 15.9. The quantitative estimate of drug-likeness (QED) is 0.184. The van der Waals surface area contributed by atoms with E-state index in [1.54, 1.807) is 4.57 Å². The molecule has 0 bridgehead atoms. The third-order valence-electron chi connectivity index (χ3n) is 9.31. The molecule has 8 aromatic carbocycles. The Bertz CT molecular complexity index is 3060. The number of imidazole rings is 1. The van der Waals surface area contributed by atoms with Crippen LogP contribution >= 0.6 is 0 Å². The summed E-state index contributed by atoms with van der Waals surface area (Å²) in [4.78, 5) is 5.11. The molecule has 3 heteroatoms. The van der Waals surface area contributed by atoms with Crippen LogP contribution in [0, 0.1) is 0 Å². The summed E-state index contributed by atoms with van der Waals surface area (Å²) in [6.07, 6.45) is 0. The van der Waals surface area contributed by atoms with Gasteiger partial charge in [-0.25, -0.2) is 4.98 Å². The fourth-order valence-electron chi connectivity index (χ4n) is 7.38. The Kier molecular flexibility index (Phi) is 4.86. The fourth-order valence-corrected chi connectivity index (χ4v) is 7.38. The van der Waals surface area contributed by atoms with E-state index in [9.17, 15) is 0 Å². The molecule has 2 heterocycles. The highest BCUT2D eigenvalue weighted by atomic mass is 16.3. The summed E-state index contributed by atoms with van der Waals surface area (Å²) in [6, 6.07) is 45.1. The number of hydrogen-bond acceptors (Lipinski definition) is 2. The Morgan fingerprint density at radius 1 is 0.479 bits per heavy atom. The molecule has 0 spiro atoms. The number of rotatable bonds is 4. The second kappa shape index (κ2) is 10.5. The molecule has 0 amide bonds. The molecule has 0 saturated carbocycles. The first kappa shape index (κ1) is 22.1. The number of furan rings is 1. The molecule has 2 aromatic heterocycles. The van der Waals surface area contributed by atoms with Crippen LogP contribution in [0.2, 0.25) is 0 Å². The van der Waals surface area contributed by atoms with E-state index in [0.29, 0.717) is 16.9 Å². The van der Waals surface area contributed by atoms with Crippen molar-refractivity contribution in [3.05, 3.63) is 170 Å². The molecule has 0 aliphatic rings. The highest BCUT2D eigenvalue weighted by molar-refractivity contribution is 6.26. The van der Waals surface area contributed by atoms with Crippen LogP contribution in [0.5, 0.6) is 0 Å². The third kappa shape index (κ3) is 3.91. The van der Waals surface area contributed by atoms with E-state index in [4.69, 9.17) is 16.3 Å². The van der Waals surface area contributed by atoms with E-state index in [-0.39, 0.29) is 17.8 Å². The Balaban J connectivity index is 1.32. The topological polar surface area (TPSA) is 31.0 Å². The van der Waals surface area contributed by atoms with Crippen LogP contribution in [0.25, 0.3) is 93.8 Å². The highest BCUT2D eigenvalue weighted by Gasteiger charge is 2.23. The Morgan fingerprint density at radius 2 is 1.02 bits per heavy atom. The lowest BCUT2D eigenvalue weighted by Gasteiger charge is -2.20. The molecule has 0 unspecified atom stereocenters. The number of aromatic nitrogens is 2. The van der Waals surface area contributed by atoms with Gasteiger partial charge in [0.05, 0.1) is 17.9 Å². The maximum Gasteiger partial charge on any atom is 0.146 e. The molecular weight excluding hydrogens is 585 g/mol. The first-order chi connectivity index (χ1) is 25.9. The second-order valence-corrected chi connectivity index (χ2v) is 11.9. The molecule has 0 radical (unpaired) electrons. The predicted molar refractivity (Wildman–Crippen MR) is 200 cm³/mol. The van der Waals surface area contributed by atoms with Gasteiger partial charge in [0.2, 0.25) is 0 Å². The Labute approximate surface area is 284 Å². The first-order valence-electron chi connectivity index (χ1n) is 18.4. The molecule has 0 saturated heterocycles. The average Bonchev–Trinajstić information content (AvgIpc) is 3.77. The van der Waals surface area contributed by atoms with Crippen LogP contribution in [0.1, 0.15) is 6.85 Å². The van der Waals surface area contributed by atoms with Crippen molar-refractivity contribution in [2.45, 2.75) is 0 Å². The van der Waals surface area contributed by atoms with Gasteiger partial charge in [0.15, 0.2) is 0 Å². The standard InChI is InChI=1S/C45H28N2O/c1-2-15-29(16-3-1)47-39-26-12-11-25-38(39)46-45(47)35-22-9-8-21-34(35)42-30-17-4-6-19-32(30)43(33-20-7-5-18-31(33)42)37-24-14-28-41-44(37)36-23-10-13-27-40(36)48-41/h1-28H/i1D,2D,3D,15D,16D. The predicted octanol–water partition coefficient (Wildman–Crippen LogP) is 12.2. The van der Waals surface area contributed by atoms with Gasteiger partial charge < -0.3 is 4.42 Å². The van der Waals surface area contributed by atoms with Crippen molar-refractivity contribution < 1.29 is 11.3 Å². The molecule has 0 fully saturated rings. The molecule has 48 heavy (non-hydrogen) atoms. The van der Waals surface area contributed by atoms with E-state index < -0.39 is 18.1 Å². The van der Waals surface area contributed by atoms with Gasteiger partial charge in [-0.15, -0.1) is 0 Å². The van der Waals surface area contributed by atoms with Crippen molar-refractivity contribution in [3.63, 3.8) is 0 Å². The summed E-state index contributed by atoms with van der Waals surface area (Å²) in [7, 11) is 0. The Morgan fingerprint density at radius 3 is 1.75 bits per heavy atom. The minimum atomic E-state index is -0.438. The number of para-hydroxylation sites is 4. The van der Waals surface area contributed by atoms with Crippen molar-refractivity contribution in [2.75, 3.05) is 0 Å². The average molecular weight is 618 g/mol. The normalized spacial score (nSPS) is 13.2. The summed E-state index contributed by atoms with van der Waals surface area (Å²) >= 11 is 0. The van der Waals surface area contributed by atoms with E-state index in [2.05, 4.69) is 72.8 Å². The van der Waals surface area contributed by atoms with Gasteiger partial charge in [-0.1, -0.05) is 133 Å². The summed E-state index contributed by atoms with van der Waals surface area (Å²) in [6.45, 7) is 0. The molecule has 0 aliphatic carbocycles. The van der Waals surface area contributed by atoms with Gasteiger partial charge in [0, 0.05) is 22.0 Å². The molecule has 10 aromatic rings. The second-order valence-electron chi connectivity index (χ2n) is 11.9. The van der Waals surface area contributed by atoms with Crippen LogP contribution in [0.3, 0.4) is 0 Å². The minimum absolute atomic E-state index is 0.0556. The van der Waals surface area contributed by atoms with Crippen LogP contribution < -0.4 is 0 Å². The SMILES string of the molecule is [2H]c1c([2H])c([2H])c(-n2c(-c3ccccc3-c3c4ccccc4c(-c4cccc5oc6ccccc6c45)c4ccccc34)nc3ccccc32)c([2H])c1[2H]. The highest BCUT2D eigenvalue weighted by Crippen LogP contribution is 2.48. The molecule has 10 rings (SSSR count). The van der Waals surface area contributed by atoms with Crippen LogP contribution in [-0.4, -0.2) is 9.55 Å². The number of benzene rings is 8. The van der Waals surface area contributed by atoms with Crippen molar-refractivity contribution in [2.24, 2.45) is 0 Å². The van der Waals surface area contributed by atoms with E-state index in [1.165, 1.54) is 0 Å². The molecule has 224 valence electrons. The van der Waals surface area contributed by atoms with Crippen molar-refractivity contribution >= 4 is 54.5 Å². The van der Waals surface area contributed by atoms with E-state index in [0.717, 1.165) is 71.3 Å². The third-order valence-corrected chi connectivity index (χ3v) is 9.31. The lowest BCUT2D eigenvalue weighted by atomic mass is 9.84. The molecular formula is C45H28N2O. The van der Waals surface area contributed by atoms with Crippen molar-refractivity contribution in [1.29, 1.82) is 0 Å². The van der Waals surface area contributed by atoms with Gasteiger partial charge in [0.25, 0.3) is 0 Å². The largest absolute Gasteiger partial charge is 0.456 e. The zero-order valence-corrected chi connectivity index (χ0v) is 25.6. The summed E-state index contributed by atoms with van der Waals surface area (Å²) in [5, 5.41) is 6.37. The van der Waals surface area contributed by atoms with Crippen LogP contribution in [0.4, 0.5) is 0 Å². The van der Waals surface area contributed by atoms with Crippen LogP contribution in [-0.2, 0) is 0 Å². The summed E-state index contributed by atoms with van der Waals surface area (Å²) < 4.78 is 51.2. The monoisotopic (exact) mass is 617 g/mol. The molecule has 0 aliphatic heterocycles.